The standard InChI is InChI=1S/C16H19N3O2/c1-2-6-13-11(4-1)7-8-17-14(13)16-18-15(19-21-16)12-5-3-9-20-10-12/h1-2,4,6,12,14,17H,3,5,7-10H2. The van der Waals surface area contributed by atoms with Crippen molar-refractivity contribution < 1.29 is 9.26 Å². The number of fused-ring (bicyclic) bond motifs is 1. The molecule has 1 aromatic carbocycles. The molecule has 5 heteroatoms. The van der Waals surface area contributed by atoms with Crippen molar-refractivity contribution in [1.29, 1.82) is 0 Å². The molecule has 21 heavy (non-hydrogen) atoms. The van der Waals surface area contributed by atoms with Crippen LogP contribution in [0.4, 0.5) is 0 Å². The van der Waals surface area contributed by atoms with Gasteiger partial charge in [-0.1, -0.05) is 29.4 Å². The third-order valence-electron chi connectivity index (χ3n) is 4.34. The molecule has 3 heterocycles. The van der Waals surface area contributed by atoms with E-state index in [0.717, 1.165) is 38.2 Å². The van der Waals surface area contributed by atoms with Gasteiger partial charge in [-0.05, 0) is 30.4 Å². The molecule has 0 saturated carbocycles. The molecule has 5 nitrogen and oxygen atoms in total. The molecule has 2 aliphatic heterocycles. The van der Waals surface area contributed by atoms with Gasteiger partial charge in [-0.2, -0.15) is 4.98 Å². The van der Waals surface area contributed by atoms with E-state index in [-0.39, 0.29) is 12.0 Å². The zero-order chi connectivity index (χ0) is 14.1. The smallest absolute Gasteiger partial charge is 0.248 e. The van der Waals surface area contributed by atoms with Crippen LogP contribution in [0.1, 0.15) is 47.6 Å². The zero-order valence-corrected chi connectivity index (χ0v) is 11.9. The van der Waals surface area contributed by atoms with E-state index in [1.807, 2.05) is 0 Å². The summed E-state index contributed by atoms with van der Waals surface area (Å²) < 4.78 is 11.0. The topological polar surface area (TPSA) is 60.2 Å². The van der Waals surface area contributed by atoms with Crippen LogP contribution in [0.5, 0.6) is 0 Å². The van der Waals surface area contributed by atoms with Gasteiger partial charge in [0.1, 0.15) is 6.04 Å². The Hall–Kier alpha value is -1.72. The maximum Gasteiger partial charge on any atom is 0.248 e. The predicted octanol–water partition coefficient (Wildman–Crippen LogP) is 2.20. The molecule has 2 unspecified atom stereocenters. The highest BCUT2D eigenvalue weighted by atomic mass is 16.5. The van der Waals surface area contributed by atoms with Gasteiger partial charge in [-0.25, -0.2) is 0 Å². The van der Waals surface area contributed by atoms with E-state index in [2.05, 4.69) is 39.7 Å². The number of benzene rings is 1. The molecule has 2 aromatic rings. The fourth-order valence-corrected chi connectivity index (χ4v) is 3.20. The summed E-state index contributed by atoms with van der Waals surface area (Å²) in [7, 11) is 0. The third kappa shape index (κ3) is 2.47. The minimum Gasteiger partial charge on any atom is -0.381 e. The maximum absolute atomic E-state index is 5.54. The summed E-state index contributed by atoms with van der Waals surface area (Å²) in [5, 5.41) is 7.66. The lowest BCUT2D eigenvalue weighted by Crippen LogP contribution is -2.30. The Kier molecular flexibility index (Phi) is 3.45. The molecular formula is C16H19N3O2. The van der Waals surface area contributed by atoms with Gasteiger partial charge in [0.05, 0.1) is 6.61 Å². The van der Waals surface area contributed by atoms with E-state index in [4.69, 9.17) is 9.26 Å². The predicted molar refractivity (Wildman–Crippen MR) is 77.1 cm³/mol. The number of ether oxygens (including phenoxy) is 1. The van der Waals surface area contributed by atoms with Crippen LogP contribution in [-0.2, 0) is 11.2 Å². The minimum atomic E-state index is 0.0145. The second kappa shape index (κ2) is 5.58. The summed E-state index contributed by atoms with van der Waals surface area (Å²) in [6, 6.07) is 8.47. The quantitative estimate of drug-likeness (QED) is 0.916. The first-order valence-corrected chi connectivity index (χ1v) is 7.64. The molecule has 110 valence electrons. The van der Waals surface area contributed by atoms with Crippen molar-refractivity contribution in [2.75, 3.05) is 19.8 Å². The van der Waals surface area contributed by atoms with Crippen LogP contribution in [0.25, 0.3) is 0 Å². The van der Waals surface area contributed by atoms with Crippen LogP contribution >= 0.6 is 0 Å². The molecule has 1 fully saturated rings. The molecular weight excluding hydrogens is 266 g/mol. The normalized spacial score (nSPS) is 25.5. The fraction of sp³-hybridized carbons (Fsp3) is 0.500. The van der Waals surface area contributed by atoms with E-state index in [9.17, 15) is 0 Å². The van der Waals surface area contributed by atoms with Gasteiger partial charge >= 0.3 is 0 Å². The number of rotatable bonds is 2. The Morgan fingerprint density at radius 2 is 2.19 bits per heavy atom. The average Bonchev–Trinajstić information content (AvgIpc) is 3.05. The van der Waals surface area contributed by atoms with Crippen molar-refractivity contribution in [3.63, 3.8) is 0 Å². The Balaban J connectivity index is 1.61. The Morgan fingerprint density at radius 1 is 1.24 bits per heavy atom. The van der Waals surface area contributed by atoms with Gasteiger partial charge in [-0.3, -0.25) is 0 Å². The van der Waals surface area contributed by atoms with E-state index >= 15 is 0 Å². The molecule has 0 radical (unpaired) electrons. The number of hydrogen-bond acceptors (Lipinski definition) is 5. The molecule has 0 spiro atoms. The molecule has 2 aliphatic rings. The van der Waals surface area contributed by atoms with Crippen molar-refractivity contribution >= 4 is 0 Å². The van der Waals surface area contributed by atoms with Crippen molar-refractivity contribution in [2.45, 2.75) is 31.2 Å². The summed E-state index contributed by atoms with van der Waals surface area (Å²) in [5.41, 5.74) is 2.61. The second-order valence-corrected chi connectivity index (χ2v) is 5.74. The summed E-state index contributed by atoms with van der Waals surface area (Å²) in [6.45, 7) is 2.48. The van der Waals surface area contributed by atoms with Gasteiger partial charge in [0.2, 0.25) is 5.89 Å². The van der Waals surface area contributed by atoms with Crippen LogP contribution in [-0.4, -0.2) is 29.9 Å². The molecule has 2 atom stereocenters. The number of hydrogen-bond donors (Lipinski definition) is 1. The second-order valence-electron chi connectivity index (χ2n) is 5.74. The van der Waals surface area contributed by atoms with Crippen molar-refractivity contribution in [3.8, 4) is 0 Å². The number of nitrogens with one attached hydrogen (secondary N) is 1. The highest BCUT2D eigenvalue weighted by Gasteiger charge is 2.28. The zero-order valence-electron chi connectivity index (χ0n) is 11.9. The average molecular weight is 285 g/mol. The fourth-order valence-electron chi connectivity index (χ4n) is 3.20. The Labute approximate surface area is 123 Å². The van der Waals surface area contributed by atoms with Crippen molar-refractivity contribution in [3.05, 3.63) is 47.1 Å². The summed E-state index contributed by atoms with van der Waals surface area (Å²) in [4.78, 5) is 4.64. The van der Waals surface area contributed by atoms with Gasteiger partial charge in [0.25, 0.3) is 0 Å². The van der Waals surface area contributed by atoms with Gasteiger partial charge < -0.3 is 14.6 Å². The highest BCUT2D eigenvalue weighted by molar-refractivity contribution is 5.35. The summed E-state index contributed by atoms with van der Waals surface area (Å²) >= 11 is 0. The van der Waals surface area contributed by atoms with Crippen LogP contribution in [0.3, 0.4) is 0 Å². The molecule has 1 N–H and O–H groups in total. The molecule has 0 bridgehead atoms. The summed E-state index contributed by atoms with van der Waals surface area (Å²) in [6.07, 6.45) is 3.19. The van der Waals surface area contributed by atoms with Gasteiger partial charge in [0, 0.05) is 19.1 Å². The first-order valence-electron chi connectivity index (χ1n) is 7.64. The molecule has 0 amide bonds. The summed E-state index contributed by atoms with van der Waals surface area (Å²) in [5.74, 6) is 1.73. The largest absolute Gasteiger partial charge is 0.381 e. The van der Waals surface area contributed by atoms with Crippen LogP contribution in [0.2, 0.25) is 0 Å². The highest BCUT2D eigenvalue weighted by Crippen LogP contribution is 2.29. The molecule has 0 aliphatic carbocycles. The lowest BCUT2D eigenvalue weighted by molar-refractivity contribution is 0.0773. The van der Waals surface area contributed by atoms with Crippen molar-refractivity contribution in [2.24, 2.45) is 0 Å². The first kappa shape index (κ1) is 13.0. The number of aromatic nitrogens is 2. The SMILES string of the molecule is c1ccc2c(c1)CCNC2c1nc(C2CCCOC2)no1. The monoisotopic (exact) mass is 285 g/mol. The lowest BCUT2D eigenvalue weighted by atomic mass is 9.94. The molecule has 4 rings (SSSR count). The minimum absolute atomic E-state index is 0.0145. The van der Waals surface area contributed by atoms with Crippen molar-refractivity contribution in [1.82, 2.24) is 15.5 Å². The molecule has 1 saturated heterocycles. The lowest BCUT2D eigenvalue weighted by Gasteiger charge is -2.24. The van der Waals surface area contributed by atoms with E-state index in [1.165, 1.54) is 11.1 Å². The van der Waals surface area contributed by atoms with E-state index < -0.39 is 0 Å². The van der Waals surface area contributed by atoms with Crippen LogP contribution < -0.4 is 5.32 Å². The Bertz CT molecular complexity index is 619. The Morgan fingerprint density at radius 3 is 3.10 bits per heavy atom. The van der Waals surface area contributed by atoms with E-state index in [0.29, 0.717) is 12.5 Å². The molecule has 1 aromatic heterocycles. The van der Waals surface area contributed by atoms with Crippen LogP contribution in [0.15, 0.2) is 28.8 Å². The maximum atomic E-state index is 5.54. The van der Waals surface area contributed by atoms with Crippen LogP contribution in [0, 0.1) is 0 Å². The van der Waals surface area contributed by atoms with Gasteiger partial charge in [-0.15, -0.1) is 0 Å². The number of nitrogens with zero attached hydrogens (tertiary/aromatic N) is 2. The third-order valence-corrected chi connectivity index (χ3v) is 4.34. The van der Waals surface area contributed by atoms with E-state index in [1.54, 1.807) is 0 Å². The first-order chi connectivity index (χ1) is 10.4. The van der Waals surface area contributed by atoms with Gasteiger partial charge in [0.15, 0.2) is 5.82 Å².